The van der Waals surface area contributed by atoms with Gasteiger partial charge in [-0.3, -0.25) is 9.52 Å². The Hall–Kier alpha value is -3.10. The molecule has 144 valence electrons. The first-order chi connectivity index (χ1) is 13.2. The number of sulfonamides is 1. The van der Waals surface area contributed by atoms with Gasteiger partial charge in [0, 0.05) is 16.7 Å². The van der Waals surface area contributed by atoms with Crippen LogP contribution in [0.15, 0.2) is 65.7 Å². The van der Waals surface area contributed by atoms with Crippen LogP contribution in [0.4, 0.5) is 5.69 Å². The Bertz CT molecular complexity index is 1130. The van der Waals surface area contributed by atoms with Crippen LogP contribution in [0.5, 0.6) is 11.6 Å². The van der Waals surface area contributed by atoms with Crippen molar-refractivity contribution in [2.45, 2.75) is 11.8 Å². The monoisotopic (exact) mass is 417 g/mol. The number of primary amides is 1. The van der Waals surface area contributed by atoms with Gasteiger partial charge in [0.15, 0.2) is 0 Å². The second kappa shape index (κ2) is 7.87. The summed E-state index contributed by atoms with van der Waals surface area (Å²) in [6, 6.07) is 14.0. The maximum atomic E-state index is 12.6. The Labute approximate surface area is 167 Å². The minimum Gasteiger partial charge on any atom is -0.439 e. The van der Waals surface area contributed by atoms with E-state index in [2.05, 4.69) is 9.71 Å². The van der Waals surface area contributed by atoms with E-state index in [9.17, 15) is 13.2 Å². The summed E-state index contributed by atoms with van der Waals surface area (Å²) in [5, 5.41) is 0.325. The number of pyridine rings is 1. The average Bonchev–Trinajstić information content (AvgIpc) is 2.65. The lowest BCUT2D eigenvalue weighted by Crippen LogP contribution is -2.14. The van der Waals surface area contributed by atoms with Crippen molar-refractivity contribution in [3.05, 3.63) is 76.9 Å². The van der Waals surface area contributed by atoms with Gasteiger partial charge in [-0.25, -0.2) is 13.4 Å². The number of anilines is 1. The Balaban J connectivity index is 1.76. The molecule has 2 aromatic carbocycles. The molecule has 0 spiro atoms. The standard InChI is InChI=1S/C19H16ClN3O4S/c1-12-5-6-14(20)10-17(12)28(25,26)23-15-7-8-18(22-11-15)27-16-4-2-3-13(9-16)19(21)24/h2-11,23H,1H3,(H2,21,24). The van der Waals surface area contributed by atoms with Crippen LogP contribution in [0.25, 0.3) is 0 Å². The molecule has 0 unspecified atom stereocenters. The third-order valence-electron chi connectivity index (χ3n) is 3.77. The SMILES string of the molecule is Cc1ccc(Cl)cc1S(=O)(=O)Nc1ccc(Oc2cccc(C(N)=O)c2)nc1. The van der Waals surface area contributed by atoms with Crippen molar-refractivity contribution in [2.24, 2.45) is 5.73 Å². The van der Waals surface area contributed by atoms with Crippen LogP contribution < -0.4 is 15.2 Å². The van der Waals surface area contributed by atoms with E-state index in [1.165, 1.54) is 30.5 Å². The molecule has 9 heteroatoms. The van der Waals surface area contributed by atoms with Crippen molar-refractivity contribution >= 4 is 33.2 Å². The highest BCUT2D eigenvalue weighted by atomic mass is 35.5. The van der Waals surface area contributed by atoms with Gasteiger partial charge in [0.1, 0.15) is 5.75 Å². The summed E-state index contributed by atoms with van der Waals surface area (Å²) in [5.74, 6) is 0.0367. The molecule has 3 aromatic rings. The number of halogens is 1. The summed E-state index contributed by atoms with van der Waals surface area (Å²) in [6.45, 7) is 1.68. The fraction of sp³-hybridized carbons (Fsp3) is 0.0526. The average molecular weight is 418 g/mol. The Morgan fingerprint density at radius 3 is 2.61 bits per heavy atom. The summed E-state index contributed by atoms with van der Waals surface area (Å²) >= 11 is 5.90. The van der Waals surface area contributed by atoms with Gasteiger partial charge < -0.3 is 10.5 Å². The number of hydrogen-bond donors (Lipinski definition) is 2. The minimum atomic E-state index is -3.82. The Morgan fingerprint density at radius 2 is 1.93 bits per heavy atom. The molecule has 1 aromatic heterocycles. The molecule has 0 saturated heterocycles. The largest absolute Gasteiger partial charge is 0.439 e. The van der Waals surface area contributed by atoms with E-state index >= 15 is 0 Å². The zero-order chi connectivity index (χ0) is 20.3. The van der Waals surface area contributed by atoms with E-state index in [1.54, 1.807) is 37.3 Å². The molecule has 0 aliphatic carbocycles. The quantitative estimate of drug-likeness (QED) is 0.634. The topological polar surface area (TPSA) is 111 Å². The Morgan fingerprint density at radius 1 is 1.14 bits per heavy atom. The normalized spacial score (nSPS) is 11.1. The van der Waals surface area contributed by atoms with Crippen LogP contribution in [0, 0.1) is 6.92 Å². The summed E-state index contributed by atoms with van der Waals surface area (Å²) in [5.41, 5.74) is 6.37. The van der Waals surface area contributed by atoms with E-state index in [-0.39, 0.29) is 16.5 Å². The molecule has 0 atom stereocenters. The van der Waals surface area contributed by atoms with E-state index in [4.69, 9.17) is 22.1 Å². The van der Waals surface area contributed by atoms with Gasteiger partial charge in [0.25, 0.3) is 10.0 Å². The minimum absolute atomic E-state index is 0.0867. The highest BCUT2D eigenvalue weighted by Crippen LogP contribution is 2.25. The summed E-state index contributed by atoms with van der Waals surface area (Å²) in [6.07, 6.45) is 1.32. The fourth-order valence-electron chi connectivity index (χ4n) is 2.41. The van der Waals surface area contributed by atoms with Crippen LogP contribution in [0.2, 0.25) is 5.02 Å². The summed E-state index contributed by atoms with van der Waals surface area (Å²) < 4.78 is 33.2. The molecule has 0 saturated carbocycles. The first-order valence-electron chi connectivity index (χ1n) is 8.07. The smallest absolute Gasteiger partial charge is 0.262 e. The number of ether oxygens (including phenoxy) is 1. The van der Waals surface area contributed by atoms with Crippen LogP contribution in [0.1, 0.15) is 15.9 Å². The molecule has 7 nitrogen and oxygen atoms in total. The molecule has 3 N–H and O–H groups in total. The number of nitrogens with one attached hydrogen (secondary N) is 1. The predicted octanol–water partition coefficient (Wildman–Crippen LogP) is 3.74. The second-order valence-electron chi connectivity index (χ2n) is 5.89. The zero-order valence-electron chi connectivity index (χ0n) is 14.7. The van der Waals surface area contributed by atoms with E-state index < -0.39 is 15.9 Å². The van der Waals surface area contributed by atoms with Gasteiger partial charge in [0.05, 0.1) is 16.8 Å². The molecule has 0 aliphatic rings. The first kappa shape index (κ1) is 19.7. The number of carbonyl (C=O) groups excluding carboxylic acids is 1. The number of nitrogens with zero attached hydrogens (tertiary/aromatic N) is 1. The zero-order valence-corrected chi connectivity index (χ0v) is 16.3. The van der Waals surface area contributed by atoms with Crippen molar-refractivity contribution < 1.29 is 17.9 Å². The van der Waals surface area contributed by atoms with Gasteiger partial charge >= 0.3 is 0 Å². The number of amides is 1. The molecular formula is C19H16ClN3O4S. The second-order valence-corrected chi connectivity index (χ2v) is 7.98. The third-order valence-corrected chi connectivity index (χ3v) is 5.53. The number of rotatable bonds is 6. The number of hydrogen-bond acceptors (Lipinski definition) is 5. The number of aromatic nitrogens is 1. The first-order valence-corrected chi connectivity index (χ1v) is 9.93. The molecule has 0 fully saturated rings. The molecule has 1 heterocycles. The molecular weight excluding hydrogens is 402 g/mol. The lowest BCUT2D eigenvalue weighted by Gasteiger charge is -2.11. The number of nitrogens with two attached hydrogens (primary N) is 1. The van der Waals surface area contributed by atoms with Crippen LogP contribution in [-0.2, 0) is 10.0 Å². The number of carbonyl (C=O) groups is 1. The van der Waals surface area contributed by atoms with Gasteiger partial charge in [-0.05, 0) is 48.9 Å². The van der Waals surface area contributed by atoms with Crippen LogP contribution in [0.3, 0.4) is 0 Å². The van der Waals surface area contributed by atoms with Crippen molar-refractivity contribution in [3.63, 3.8) is 0 Å². The highest BCUT2D eigenvalue weighted by molar-refractivity contribution is 7.92. The van der Waals surface area contributed by atoms with Gasteiger partial charge in [0.2, 0.25) is 11.8 Å². The van der Waals surface area contributed by atoms with Gasteiger partial charge in [-0.1, -0.05) is 23.7 Å². The highest BCUT2D eigenvalue weighted by Gasteiger charge is 2.17. The maximum Gasteiger partial charge on any atom is 0.262 e. The van der Waals surface area contributed by atoms with Crippen LogP contribution >= 0.6 is 11.6 Å². The van der Waals surface area contributed by atoms with Crippen molar-refractivity contribution in [3.8, 4) is 11.6 Å². The van der Waals surface area contributed by atoms with E-state index in [1.807, 2.05) is 0 Å². The molecule has 0 aliphatic heterocycles. The molecule has 3 rings (SSSR count). The molecule has 0 bridgehead atoms. The third kappa shape index (κ3) is 4.59. The Kier molecular flexibility index (Phi) is 5.53. The maximum absolute atomic E-state index is 12.6. The van der Waals surface area contributed by atoms with Gasteiger partial charge in [-0.2, -0.15) is 0 Å². The summed E-state index contributed by atoms with van der Waals surface area (Å²) in [7, 11) is -3.82. The van der Waals surface area contributed by atoms with Crippen LogP contribution in [-0.4, -0.2) is 19.3 Å². The van der Waals surface area contributed by atoms with Crippen molar-refractivity contribution in [1.82, 2.24) is 4.98 Å². The molecule has 1 amide bonds. The van der Waals surface area contributed by atoms with Crippen molar-refractivity contribution in [1.29, 1.82) is 0 Å². The lowest BCUT2D eigenvalue weighted by atomic mass is 10.2. The number of aryl methyl sites for hydroxylation is 1. The number of benzene rings is 2. The van der Waals surface area contributed by atoms with Gasteiger partial charge in [-0.15, -0.1) is 0 Å². The predicted molar refractivity (Wildman–Crippen MR) is 106 cm³/mol. The fourth-order valence-corrected chi connectivity index (χ4v) is 3.96. The lowest BCUT2D eigenvalue weighted by molar-refractivity contribution is 0.1000. The molecule has 0 radical (unpaired) electrons. The summed E-state index contributed by atoms with van der Waals surface area (Å²) in [4.78, 5) is 15.4. The van der Waals surface area contributed by atoms with E-state index in [0.717, 1.165) is 0 Å². The van der Waals surface area contributed by atoms with E-state index in [0.29, 0.717) is 21.9 Å². The van der Waals surface area contributed by atoms with Crippen molar-refractivity contribution in [2.75, 3.05) is 4.72 Å². The molecule has 28 heavy (non-hydrogen) atoms.